The van der Waals surface area contributed by atoms with Gasteiger partial charge in [0.2, 0.25) is 11.7 Å². The molecule has 3 aromatic heterocycles. The van der Waals surface area contributed by atoms with Gasteiger partial charge in [-0.2, -0.15) is 4.98 Å². The zero-order valence-corrected chi connectivity index (χ0v) is 13.8. The average Bonchev–Trinajstić information content (AvgIpc) is 3.27. The Morgan fingerprint density at radius 1 is 1.46 bits per heavy atom. The minimum absolute atomic E-state index is 0.0181. The van der Waals surface area contributed by atoms with Gasteiger partial charge in [-0.25, -0.2) is 0 Å². The molecule has 1 fully saturated rings. The van der Waals surface area contributed by atoms with Crippen LogP contribution in [0.2, 0.25) is 0 Å². The first-order valence-corrected chi connectivity index (χ1v) is 8.51. The van der Waals surface area contributed by atoms with Crippen molar-refractivity contribution in [3.8, 4) is 11.6 Å². The van der Waals surface area contributed by atoms with Gasteiger partial charge in [0, 0.05) is 13.1 Å². The number of hydrogen-bond acceptors (Lipinski definition) is 8. The summed E-state index contributed by atoms with van der Waals surface area (Å²) in [6.07, 6.45) is 3.27. The number of carbonyl (C=O) groups is 1. The summed E-state index contributed by atoms with van der Waals surface area (Å²) in [6.45, 7) is 3.17. The number of hydrogen-bond donors (Lipinski definition) is 0. The predicted molar refractivity (Wildman–Crippen MR) is 84.5 cm³/mol. The molecule has 0 saturated carbocycles. The molecule has 3 aromatic rings. The van der Waals surface area contributed by atoms with Gasteiger partial charge in [0.25, 0.3) is 5.91 Å². The Morgan fingerprint density at radius 3 is 3.08 bits per heavy atom. The SMILES string of the molecule is CCCc1nnsc1C(=O)N1CC(c2nc(-c3ccco3)no2)C1. The lowest BCUT2D eigenvalue weighted by Crippen LogP contribution is -2.48. The van der Waals surface area contributed by atoms with Crippen LogP contribution in [0, 0.1) is 0 Å². The maximum absolute atomic E-state index is 12.5. The highest BCUT2D eigenvalue weighted by atomic mass is 32.1. The number of carbonyl (C=O) groups excluding carboxylic acids is 1. The van der Waals surface area contributed by atoms with Crippen molar-refractivity contribution < 1.29 is 13.7 Å². The van der Waals surface area contributed by atoms with Crippen LogP contribution in [0.25, 0.3) is 11.6 Å². The monoisotopic (exact) mass is 345 g/mol. The van der Waals surface area contributed by atoms with Crippen LogP contribution in [0.3, 0.4) is 0 Å². The summed E-state index contributed by atoms with van der Waals surface area (Å²) in [6, 6.07) is 3.55. The van der Waals surface area contributed by atoms with E-state index in [1.807, 2.05) is 0 Å². The number of furan rings is 1. The molecule has 9 heteroatoms. The fraction of sp³-hybridized carbons (Fsp3) is 0.400. The quantitative estimate of drug-likeness (QED) is 0.700. The van der Waals surface area contributed by atoms with Crippen LogP contribution in [0.5, 0.6) is 0 Å². The van der Waals surface area contributed by atoms with Crippen molar-refractivity contribution in [2.24, 2.45) is 0 Å². The van der Waals surface area contributed by atoms with E-state index in [9.17, 15) is 4.79 Å². The Kier molecular flexibility index (Phi) is 3.85. The summed E-state index contributed by atoms with van der Waals surface area (Å²) < 4.78 is 14.4. The summed E-state index contributed by atoms with van der Waals surface area (Å²) in [4.78, 5) is 19.3. The highest BCUT2D eigenvalue weighted by Gasteiger charge is 2.37. The van der Waals surface area contributed by atoms with Crippen LogP contribution in [0.4, 0.5) is 0 Å². The molecule has 0 bridgehead atoms. The Morgan fingerprint density at radius 2 is 2.33 bits per heavy atom. The van der Waals surface area contributed by atoms with E-state index in [1.54, 1.807) is 23.3 Å². The van der Waals surface area contributed by atoms with Crippen LogP contribution in [-0.4, -0.2) is 43.6 Å². The molecule has 0 aliphatic carbocycles. The number of rotatable bonds is 5. The summed E-state index contributed by atoms with van der Waals surface area (Å²) in [5.74, 6) is 1.56. The van der Waals surface area contributed by atoms with E-state index >= 15 is 0 Å². The van der Waals surface area contributed by atoms with Gasteiger partial charge < -0.3 is 13.8 Å². The molecule has 1 saturated heterocycles. The van der Waals surface area contributed by atoms with Crippen LogP contribution >= 0.6 is 11.5 Å². The second kappa shape index (κ2) is 6.16. The van der Waals surface area contributed by atoms with Gasteiger partial charge in [-0.3, -0.25) is 4.79 Å². The van der Waals surface area contributed by atoms with Gasteiger partial charge >= 0.3 is 0 Å². The van der Waals surface area contributed by atoms with E-state index in [4.69, 9.17) is 8.94 Å². The molecular weight excluding hydrogens is 330 g/mol. The fourth-order valence-corrected chi connectivity index (χ4v) is 3.30. The van der Waals surface area contributed by atoms with Crippen molar-refractivity contribution in [3.63, 3.8) is 0 Å². The summed E-state index contributed by atoms with van der Waals surface area (Å²) in [5, 5.41) is 7.97. The molecule has 0 unspecified atom stereocenters. The second-order valence-electron chi connectivity index (χ2n) is 5.64. The van der Waals surface area contributed by atoms with Crippen molar-refractivity contribution in [3.05, 3.63) is 34.9 Å². The standard InChI is InChI=1S/C15H15N5O3S/c1-2-4-10-12(24-19-17-10)15(21)20-7-9(8-20)14-16-13(18-23-14)11-5-3-6-22-11/h3,5-6,9H,2,4,7-8H2,1H3. The number of nitrogens with zero attached hydrogens (tertiary/aromatic N) is 5. The molecule has 0 aromatic carbocycles. The van der Waals surface area contributed by atoms with E-state index in [-0.39, 0.29) is 11.8 Å². The van der Waals surface area contributed by atoms with Gasteiger partial charge in [-0.1, -0.05) is 23.0 Å². The molecule has 124 valence electrons. The third-order valence-corrected chi connectivity index (χ3v) is 4.69. The predicted octanol–water partition coefficient (Wildman–Crippen LogP) is 2.37. The van der Waals surface area contributed by atoms with Crippen molar-refractivity contribution in [2.45, 2.75) is 25.7 Å². The van der Waals surface area contributed by atoms with Crippen LogP contribution < -0.4 is 0 Å². The Bertz CT molecular complexity index is 835. The molecule has 8 nitrogen and oxygen atoms in total. The molecule has 1 aliphatic heterocycles. The van der Waals surface area contributed by atoms with Crippen molar-refractivity contribution in [2.75, 3.05) is 13.1 Å². The highest BCUT2D eigenvalue weighted by Crippen LogP contribution is 2.30. The lowest BCUT2D eigenvalue weighted by molar-refractivity contribution is 0.0573. The van der Waals surface area contributed by atoms with Gasteiger partial charge in [-0.15, -0.1) is 5.10 Å². The third kappa shape index (κ3) is 2.60. The maximum atomic E-state index is 12.5. The number of likely N-dealkylation sites (tertiary alicyclic amines) is 1. The Balaban J connectivity index is 1.41. The Labute approximate surface area is 141 Å². The van der Waals surface area contributed by atoms with Gasteiger partial charge in [0.15, 0.2) is 5.76 Å². The van der Waals surface area contributed by atoms with E-state index in [0.29, 0.717) is 35.4 Å². The molecule has 0 spiro atoms. The van der Waals surface area contributed by atoms with Crippen LogP contribution in [0.1, 0.15) is 40.5 Å². The molecule has 1 aliphatic rings. The van der Waals surface area contributed by atoms with E-state index in [0.717, 1.165) is 30.1 Å². The number of aryl methyl sites for hydroxylation is 1. The molecule has 24 heavy (non-hydrogen) atoms. The minimum atomic E-state index is -0.0181. The normalized spacial score (nSPS) is 14.8. The lowest BCUT2D eigenvalue weighted by Gasteiger charge is -2.36. The first-order chi connectivity index (χ1) is 11.8. The highest BCUT2D eigenvalue weighted by molar-refractivity contribution is 7.08. The molecule has 0 atom stereocenters. The third-order valence-electron chi connectivity index (χ3n) is 3.94. The van der Waals surface area contributed by atoms with Crippen LogP contribution in [0.15, 0.2) is 27.3 Å². The lowest BCUT2D eigenvalue weighted by atomic mass is 9.99. The number of aromatic nitrogens is 4. The second-order valence-corrected chi connectivity index (χ2v) is 6.39. The Hall–Kier alpha value is -2.55. The number of amides is 1. The maximum Gasteiger partial charge on any atom is 0.267 e. The van der Waals surface area contributed by atoms with Crippen molar-refractivity contribution in [1.82, 2.24) is 24.6 Å². The van der Waals surface area contributed by atoms with Crippen molar-refractivity contribution >= 4 is 17.4 Å². The van der Waals surface area contributed by atoms with E-state index in [2.05, 4.69) is 26.7 Å². The summed E-state index contributed by atoms with van der Waals surface area (Å²) >= 11 is 1.16. The van der Waals surface area contributed by atoms with E-state index < -0.39 is 0 Å². The zero-order chi connectivity index (χ0) is 16.5. The molecule has 4 heterocycles. The van der Waals surface area contributed by atoms with Crippen LogP contribution in [-0.2, 0) is 6.42 Å². The van der Waals surface area contributed by atoms with Gasteiger partial charge in [-0.05, 0) is 30.1 Å². The van der Waals surface area contributed by atoms with Gasteiger partial charge in [0.05, 0.1) is 17.9 Å². The van der Waals surface area contributed by atoms with E-state index in [1.165, 1.54) is 0 Å². The zero-order valence-electron chi connectivity index (χ0n) is 13.0. The summed E-state index contributed by atoms with van der Waals surface area (Å²) in [5.41, 5.74) is 0.786. The largest absolute Gasteiger partial charge is 0.461 e. The van der Waals surface area contributed by atoms with Crippen molar-refractivity contribution in [1.29, 1.82) is 0 Å². The molecule has 0 N–H and O–H groups in total. The van der Waals surface area contributed by atoms with Gasteiger partial charge in [0.1, 0.15) is 4.88 Å². The topological polar surface area (TPSA) is 98.2 Å². The first-order valence-electron chi connectivity index (χ1n) is 7.74. The summed E-state index contributed by atoms with van der Waals surface area (Å²) in [7, 11) is 0. The minimum Gasteiger partial charge on any atom is -0.461 e. The molecular formula is C15H15N5O3S. The fourth-order valence-electron chi connectivity index (χ4n) is 2.62. The average molecular weight is 345 g/mol. The molecule has 0 radical (unpaired) electrons. The molecule has 4 rings (SSSR count). The smallest absolute Gasteiger partial charge is 0.267 e. The molecule has 1 amide bonds. The first kappa shape index (κ1) is 15.0.